The lowest BCUT2D eigenvalue weighted by Gasteiger charge is -2.33. The van der Waals surface area contributed by atoms with Crippen molar-refractivity contribution in [1.82, 2.24) is 14.9 Å². The molecule has 1 amide bonds. The number of methoxy groups -OCH3 is 1. The van der Waals surface area contributed by atoms with Gasteiger partial charge >= 0.3 is 0 Å². The van der Waals surface area contributed by atoms with E-state index in [0.717, 1.165) is 55.1 Å². The molecule has 0 aliphatic carbocycles. The van der Waals surface area contributed by atoms with E-state index in [4.69, 9.17) is 10.5 Å². The summed E-state index contributed by atoms with van der Waals surface area (Å²) in [5.41, 5.74) is 8.42. The third-order valence-electron chi connectivity index (χ3n) is 5.15. The van der Waals surface area contributed by atoms with Gasteiger partial charge in [-0.2, -0.15) is 4.98 Å². The maximum absolute atomic E-state index is 12.5. The molecule has 28 heavy (non-hydrogen) atoms. The van der Waals surface area contributed by atoms with Crippen molar-refractivity contribution in [2.45, 2.75) is 38.6 Å². The summed E-state index contributed by atoms with van der Waals surface area (Å²) in [6.45, 7) is 2.79. The Morgan fingerprint density at radius 1 is 1.21 bits per heavy atom. The molecule has 1 aliphatic heterocycles. The van der Waals surface area contributed by atoms with E-state index < -0.39 is 0 Å². The van der Waals surface area contributed by atoms with Crippen LogP contribution < -0.4 is 15.4 Å². The van der Waals surface area contributed by atoms with E-state index in [9.17, 15) is 4.79 Å². The lowest BCUT2D eigenvalue weighted by molar-refractivity contribution is 0.0827. The SMILES string of the molecule is COc1ccc(C(=O)N(C)C)cc1C1CCCCCN1c1cc(C)nc(N)n1. The minimum Gasteiger partial charge on any atom is -0.496 e. The van der Waals surface area contributed by atoms with Crippen molar-refractivity contribution >= 4 is 17.7 Å². The van der Waals surface area contributed by atoms with Crippen molar-refractivity contribution in [2.24, 2.45) is 0 Å². The molecule has 1 aliphatic rings. The molecule has 0 radical (unpaired) electrons. The predicted molar refractivity (Wildman–Crippen MR) is 111 cm³/mol. The Kier molecular flexibility index (Phi) is 6.02. The number of carbonyl (C=O) groups is 1. The topological polar surface area (TPSA) is 84.6 Å². The van der Waals surface area contributed by atoms with Gasteiger partial charge in [0.05, 0.1) is 13.2 Å². The Balaban J connectivity index is 2.09. The van der Waals surface area contributed by atoms with Gasteiger partial charge in [0.25, 0.3) is 5.91 Å². The first-order valence-corrected chi connectivity index (χ1v) is 9.68. The number of anilines is 2. The average Bonchev–Trinajstić information content (AvgIpc) is 2.92. The lowest BCUT2D eigenvalue weighted by Crippen LogP contribution is -2.30. The highest BCUT2D eigenvalue weighted by atomic mass is 16.5. The van der Waals surface area contributed by atoms with Crippen LogP contribution in [0.5, 0.6) is 5.75 Å². The number of benzene rings is 1. The van der Waals surface area contributed by atoms with E-state index in [1.165, 1.54) is 0 Å². The molecule has 1 fully saturated rings. The lowest BCUT2D eigenvalue weighted by atomic mass is 9.97. The zero-order valence-electron chi connectivity index (χ0n) is 17.1. The molecular formula is C21H29N5O2. The number of nitrogen functional groups attached to an aromatic ring is 1. The highest BCUT2D eigenvalue weighted by Gasteiger charge is 2.28. The molecular weight excluding hydrogens is 354 g/mol. The molecule has 1 saturated heterocycles. The van der Waals surface area contributed by atoms with Gasteiger partial charge in [-0.05, 0) is 38.0 Å². The normalized spacial score (nSPS) is 17.1. The monoisotopic (exact) mass is 383 g/mol. The maximum Gasteiger partial charge on any atom is 0.253 e. The van der Waals surface area contributed by atoms with Crippen LogP contribution in [-0.2, 0) is 0 Å². The fourth-order valence-electron chi connectivity index (χ4n) is 3.81. The highest BCUT2D eigenvalue weighted by Crippen LogP contribution is 2.38. The number of nitrogens with zero attached hydrogens (tertiary/aromatic N) is 4. The number of nitrogens with two attached hydrogens (primary N) is 1. The molecule has 0 saturated carbocycles. The van der Waals surface area contributed by atoms with E-state index in [0.29, 0.717) is 5.56 Å². The largest absolute Gasteiger partial charge is 0.496 e. The fraction of sp³-hybridized carbons (Fsp3) is 0.476. The minimum absolute atomic E-state index is 0.0220. The van der Waals surface area contributed by atoms with E-state index in [2.05, 4.69) is 14.9 Å². The molecule has 7 nitrogen and oxygen atoms in total. The molecule has 0 spiro atoms. The number of carbonyl (C=O) groups excluding carboxylic acids is 1. The van der Waals surface area contributed by atoms with Gasteiger partial charge in [0.15, 0.2) is 0 Å². The molecule has 150 valence electrons. The van der Waals surface area contributed by atoms with Crippen LogP contribution in [-0.4, -0.2) is 48.5 Å². The van der Waals surface area contributed by atoms with Crippen molar-refractivity contribution in [1.29, 1.82) is 0 Å². The van der Waals surface area contributed by atoms with Crippen LogP contribution in [0.2, 0.25) is 0 Å². The number of hydrogen-bond acceptors (Lipinski definition) is 6. The van der Waals surface area contributed by atoms with Crippen LogP contribution in [0.4, 0.5) is 11.8 Å². The van der Waals surface area contributed by atoms with Gasteiger partial charge in [-0.15, -0.1) is 0 Å². The van der Waals surface area contributed by atoms with Crippen LogP contribution in [0.25, 0.3) is 0 Å². The van der Waals surface area contributed by atoms with Gasteiger partial charge < -0.3 is 20.3 Å². The summed E-state index contributed by atoms with van der Waals surface area (Å²) in [5.74, 6) is 1.86. The summed E-state index contributed by atoms with van der Waals surface area (Å²) in [7, 11) is 5.19. The zero-order chi connectivity index (χ0) is 20.3. The van der Waals surface area contributed by atoms with Crippen molar-refractivity contribution in [3.8, 4) is 5.75 Å². The standard InChI is InChI=1S/C21H29N5O2/c1-14-12-19(24-21(22)23-14)26-11-7-5-6-8-17(26)16-13-15(20(27)25(2)3)9-10-18(16)28-4/h9-10,12-13,17H,5-8,11H2,1-4H3,(H2,22,23,24). The molecule has 0 bridgehead atoms. The minimum atomic E-state index is -0.0220. The van der Waals surface area contributed by atoms with Gasteiger partial charge in [0.1, 0.15) is 11.6 Å². The Morgan fingerprint density at radius 2 is 2.00 bits per heavy atom. The molecule has 7 heteroatoms. The molecule has 2 aromatic rings. The third kappa shape index (κ3) is 4.18. The Hall–Kier alpha value is -2.83. The van der Waals surface area contributed by atoms with E-state index in [-0.39, 0.29) is 17.9 Å². The van der Waals surface area contributed by atoms with Crippen molar-refractivity contribution in [3.63, 3.8) is 0 Å². The first kappa shape index (κ1) is 19.9. The van der Waals surface area contributed by atoms with Crippen LogP contribution in [0.3, 0.4) is 0 Å². The second kappa shape index (κ2) is 8.46. The number of aryl methyl sites for hydroxylation is 1. The number of amides is 1. The molecule has 3 rings (SSSR count). The first-order valence-electron chi connectivity index (χ1n) is 9.68. The summed E-state index contributed by atoms with van der Waals surface area (Å²) in [6.07, 6.45) is 4.30. The Labute approximate surface area is 166 Å². The van der Waals surface area contributed by atoms with Crippen LogP contribution in [0, 0.1) is 6.92 Å². The Bertz CT molecular complexity index is 832. The molecule has 1 atom stereocenters. The van der Waals surface area contributed by atoms with Crippen LogP contribution >= 0.6 is 0 Å². The van der Waals surface area contributed by atoms with Crippen molar-refractivity contribution in [3.05, 3.63) is 41.1 Å². The number of rotatable bonds is 4. The molecule has 1 unspecified atom stereocenters. The maximum atomic E-state index is 12.5. The summed E-state index contributed by atoms with van der Waals surface area (Å²) in [6, 6.07) is 7.69. The number of ether oxygens (including phenoxy) is 1. The van der Waals surface area contributed by atoms with Crippen LogP contribution in [0.1, 0.15) is 53.3 Å². The number of hydrogen-bond donors (Lipinski definition) is 1. The third-order valence-corrected chi connectivity index (χ3v) is 5.15. The average molecular weight is 383 g/mol. The fourth-order valence-corrected chi connectivity index (χ4v) is 3.81. The van der Waals surface area contributed by atoms with Gasteiger partial charge in [-0.25, -0.2) is 4.98 Å². The van der Waals surface area contributed by atoms with Gasteiger partial charge in [-0.3, -0.25) is 4.79 Å². The second-order valence-corrected chi connectivity index (χ2v) is 7.44. The summed E-state index contributed by atoms with van der Waals surface area (Å²) in [5, 5.41) is 0. The molecule has 1 aromatic heterocycles. The summed E-state index contributed by atoms with van der Waals surface area (Å²) in [4.78, 5) is 25.1. The summed E-state index contributed by atoms with van der Waals surface area (Å²) < 4.78 is 5.66. The second-order valence-electron chi connectivity index (χ2n) is 7.44. The molecule has 2 heterocycles. The van der Waals surface area contributed by atoms with Crippen molar-refractivity contribution in [2.75, 3.05) is 38.4 Å². The van der Waals surface area contributed by atoms with E-state index in [1.54, 1.807) is 26.1 Å². The smallest absolute Gasteiger partial charge is 0.253 e. The summed E-state index contributed by atoms with van der Waals surface area (Å²) >= 11 is 0. The van der Waals surface area contributed by atoms with Gasteiger partial charge in [-0.1, -0.05) is 12.8 Å². The van der Waals surface area contributed by atoms with E-state index in [1.807, 2.05) is 31.2 Å². The van der Waals surface area contributed by atoms with Crippen molar-refractivity contribution < 1.29 is 9.53 Å². The number of aromatic nitrogens is 2. The van der Waals surface area contributed by atoms with Gasteiger partial charge in [0, 0.05) is 43.5 Å². The molecule has 1 aromatic carbocycles. The van der Waals surface area contributed by atoms with Crippen LogP contribution in [0.15, 0.2) is 24.3 Å². The highest BCUT2D eigenvalue weighted by molar-refractivity contribution is 5.94. The quantitative estimate of drug-likeness (QED) is 0.873. The molecule has 2 N–H and O–H groups in total. The first-order chi connectivity index (χ1) is 13.4. The van der Waals surface area contributed by atoms with E-state index >= 15 is 0 Å². The Morgan fingerprint density at radius 3 is 2.68 bits per heavy atom. The van der Waals surface area contributed by atoms with Gasteiger partial charge in [0.2, 0.25) is 5.95 Å². The zero-order valence-corrected chi connectivity index (χ0v) is 17.1. The predicted octanol–water partition coefficient (Wildman–Crippen LogP) is 3.20.